The normalized spacial score (nSPS) is 13.5. The molecular formula is C20H23FN2O2S. The highest BCUT2D eigenvalue weighted by Crippen LogP contribution is 2.27. The van der Waals surface area contributed by atoms with Crippen molar-refractivity contribution in [2.75, 3.05) is 6.54 Å². The van der Waals surface area contributed by atoms with E-state index in [2.05, 4.69) is 0 Å². The molecule has 6 heteroatoms. The molecule has 0 unspecified atom stereocenters. The van der Waals surface area contributed by atoms with Crippen LogP contribution in [-0.2, 0) is 22.7 Å². The van der Waals surface area contributed by atoms with Gasteiger partial charge in [0.05, 0.1) is 6.54 Å². The van der Waals surface area contributed by atoms with Crippen LogP contribution in [0.3, 0.4) is 0 Å². The van der Waals surface area contributed by atoms with E-state index in [1.165, 1.54) is 19.1 Å². The SMILES string of the molecule is CC(=O)N(CC(=O)N(Cc1ccc(F)cc1)Cc1sccc1C)C1CC1. The number of hydrogen-bond acceptors (Lipinski definition) is 3. The Morgan fingerprint density at radius 3 is 2.38 bits per heavy atom. The first-order valence-electron chi connectivity index (χ1n) is 8.76. The Bertz CT molecular complexity index is 783. The molecule has 1 aromatic carbocycles. The van der Waals surface area contributed by atoms with Gasteiger partial charge in [-0.2, -0.15) is 0 Å². The van der Waals surface area contributed by atoms with Crippen LogP contribution in [0, 0.1) is 12.7 Å². The Labute approximate surface area is 157 Å². The summed E-state index contributed by atoms with van der Waals surface area (Å²) in [7, 11) is 0. The second-order valence-electron chi connectivity index (χ2n) is 6.78. The predicted octanol–water partition coefficient (Wildman–Crippen LogP) is 3.74. The monoisotopic (exact) mass is 374 g/mol. The van der Waals surface area contributed by atoms with E-state index in [4.69, 9.17) is 0 Å². The van der Waals surface area contributed by atoms with Crippen molar-refractivity contribution >= 4 is 23.2 Å². The van der Waals surface area contributed by atoms with Gasteiger partial charge in [-0.15, -0.1) is 11.3 Å². The van der Waals surface area contributed by atoms with Crippen LogP contribution in [0.5, 0.6) is 0 Å². The van der Waals surface area contributed by atoms with Gasteiger partial charge in [0.25, 0.3) is 0 Å². The molecule has 0 N–H and O–H groups in total. The van der Waals surface area contributed by atoms with Gasteiger partial charge < -0.3 is 9.80 Å². The maximum Gasteiger partial charge on any atom is 0.242 e. The fourth-order valence-electron chi connectivity index (χ4n) is 2.91. The number of hydrogen-bond donors (Lipinski definition) is 0. The third-order valence-electron chi connectivity index (χ3n) is 4.64. The lowest BCUT2D eigenvalue weighted by Crippen LogP contribution is -2.42. The Morgan fingerprint density at radius 2 is 1.85 bits per heavy atom. The van der Waals surface area contributed by atoms with Gasteiger partial charge in [0.15, 0.2) is 0 Å². The molecule has 0 bridgehead atoms. The van der Waals surface area contributed by atoms with E-state index in [0.717, 1.165) is 28.8 Å². The van der Waals surface area contributed by atoms with Gasteiger partial charge in [0, 0.05) is 24.4 Å². The second kappa shape index (κ2) is 7.99. The molecular weight excluding hydrogens is 351 g/mol. The molecule has 0 saturated heterocycles. The first-order valence-corrected chi connectivity index (χ1v) is 9.64. The van der Waals surface area contributed by atoms with E-state index in [1.807, 2.05) is 18.4 Å². The van der Waals surface area contributed by atoms with Crippen molar-refractivity contribution in [1.29, 1.82) is 0 Å². The van der Waals surface area contributed by atoms with Crippen molar-refractivity contribution in [3.05, 3.63) is 57.5 Å². The van der Waals surface area contributed by atoms with E-state index in [9.17, 15) is 14.0 Å². The Morgan fingerprint density at radius 1 is 1.15 bits per heavy atom. The molecule has 2 aromatic rings. The number of carbonyl (C=O) groups excluding carboxylic acids is 2. The van der Waals surface area contributed by atoms with Crippen LogP contribution in [0.2, 0.25) is 0 Å². The minimum atomic E-state index is -0.294. The van der Waals surface area contributed by atoms with E-state index in [1.54, 1.807) is 33.3 Å². The Balaban J connectivity index is 1.76. The quantitative estimate of drug-likeness (QED) is 0.741. The van der Waals surface area contributed by atoms with E-state index >= 15 is 0 Å². The van der Waals surface area contributed by atoms with Gasteiger partial charge in [-0.05, 0) is 54.5 Å². The lowest BCUT2D eigenvalue weighted by molar-refractivity contribution is -0.140. The molecule has 1 fully saturated rings. The molecule has 1 aromatic heterocycles. The Hall–Kier alpha value is -2.21. The first kappa shape index (κ1) is 18.6. The molecule has 1 aliphatic carbocycles. The van der Waals surface area contributed by atoms with Crippen LogP contribution in [-0.4, -0.2) is 34.2 Å². The van der Waals surface area contributed by atoms with E-state index in [-0.39, 0.29) is 30.2 Å². The molecule has 0 spiro atoms. The topological polar surface area (TPSA) is 40.6 Å². The lowest BCUT2D eigenvalue weighted by Gasteiger charge is -2.27. The molecule has 0 atom stereocenters. The van der Waals surface area contributed by atoms with Crippen molar-refractivity contribution in [2.24, 2.45) is 0 Å². The van der Waals surface area contributed by atoms with Crippen LogP contribution >= 0.6 is 11.3 Å². The first-order chi connectivity index (χ1) is 12.4. The summed E-state index contributed by atoms with van der Waals surface area (Å²) in [5.41, 5.74) is 2.02. The molecule has 0 radical (unpaired) electrons. The van der Waals surface area contributed by atoms with Crippen LogP contribution in [0.25, 0.3) is 0 Å². The zero-order valence-electron chi connectivity index (χ0n) is 15.1. The summed E-state index contributed by atoms with van der Waals surface area (Å²) in [5.74, 6) is -0.434. The molecule has 1 saturated carbocycles. The average Bonchev–Trinajstić information content (AvgIpc) is 3.36. The van der Waals surface area contributed by atoms with Gasteiger partial charge in [-0.1, -0.05) is 12.1 Å². The zero-order chi connectivity index (χ0) is 18.7. The summed E-state index contributed by atoms with van der Waals surface area (Å²) in [5, 5.41) is 2.01. The van der Waals surface area contributed by atoms with Gasteiger partial charge in [0.2, 0.25) is 11.8 Å². The molecule has 1 heterocycles. The number of halogens is 1. The van der Waals surface area contributed by atoms with Gasteiger partial charge in [-0.25, -0.2) is 4.39 Å². The zero-order valence-corrected chi connectivity index (χ0v) is 15.9. The number of amides is 2. The second-order valence-corrected chi connectivity index (χ2v) is 7.78. The molecule has 0 aliphatic heterocycles. The fraction of sp³-hybridized carbons (Fsp3) is 0.400. The largest absolute Gasteiger partial charge is 0.332 e. The van der Waals surface area contributed by atoms with Crippen molar-refractivity contribution in [2.45, 2.75) is 45.8 Å². The number of benzene rings is 1. The van der Waals surface area contributed by atoms with Crippen molar-refractivity contribution in [3.63, 3.8) is 0 Å². The summed E-state index contributed by atoms with van der Waals surface area (Å²) >= 11 is 1.62. The third kappa shape index (κ3) is 4.69. The minimum absolute atomic E-state index is 0.0603. The third-order valence-corrected chi connectivity index (χ3v) is 5.65. The van der Waals surface area contributed by atoms with E-state index in [0.29, 0.717) is 13.1 Å². The number of thiophene rings is 1. The predicted molar refractivity (Wildman–Crippen MR) is 100 cm³/mol. The number of carbonyl (C=O) groups is 2. The number of aryl methyl sites for hydroxylation is 1. The highest BCUT2D eigenvalue weighted by Gasteiger charge is 2.33. The van der Waals surface area contributed by atoms with Gasteiger partial charge in [-0.3, -0.25) is 9.59 Å². The molecule has 4 nitrogen and oxygen atoms in total. The standard InChI is InChI=1S/C20H23FN2O2S/c1-14-9-10-26-19(14)12-22(11-16-3-5-17(21)6-4-16)20(25)13-23(15(2)24)18-7-8-18/h3-6,9-10,18H,7-8,11-13H2,1-2H3. The van der Waals surface area contributed by atoms with E-state index < -0.39 is 0 Å². The summed E-state index contributed by atoms with van der Waals surface area (Å²) in [4.78, 5) is 29.4. The highest BCUT2D eigenvalue weighted by atomic mass is 32.1. The number of rotatable bonds is 7. The maximum absolute atomic E-state index is 13.2. The van der Waals surface area contributed by atoms with Crippen molar-refractivity contribution in [3.8, 4) is 0 Å². The molecule has 2 amide bonds. The summed E-state index contributed by atoms with van der Waals surface area (Å²) < 4.78 is 13.2. The molecule has 138 valence electrons. The van der Waals surface area contributed by atoms with Crippen molar-refractivity contribution in [1.82, 2.24) is 9.80 Å². The van der Waals surface area contributed by atoms with Crippen LogP contribution in [0.1, 0.15) is 35.8 Å². The van der Waals surface area contributed by atoms with Crippen LogP contribution in [0.4, 0.5) is 4.39 Å². The lowest BCUT2D eigenvalue weighted by atomic mass is 10.2. The van der Waals surface area contributed by atoms with Gasteiger partial charge >= 0.3 is 0 Å². The average molecular weight is 374 g/mol. The smallest absolute Gasteiger partial charge is 0.242 e. The summed E-state index contributed by atoms with van der Waals surface area (Å²) in [6.07, 6.45) is 1.93. The molecule has 1 aliphatic rings. The summed E-state index contributed by atoms with van der Waals surface area (Å²) in [6.45, 7) is 4.53. The van der Waals surface area contributed by atoms with Crippen LogP contribution < -0.4 is 0 Å². The fourth-order valence-corrected chi connectivity index (χ4v) is 3.83. The van der Waals surface area contributed by atoms with Gasteiger partial charge in [0.1, 0.15) is 12.4 Å². The Kier molecular flexibility index (Phi) is 5.71. The van der Waals surface area contributed by atoms with Crippen LogP contribution in [0.15, 0.2) is 35.7 Å². The van der Waals surface area contributed by atoms with Crippen molar-refractivity contribution < 1.29 is 14.0 Å². The highest BCUT2D eigenvalue weighted by molar-refractivity contribution is 7.10. The minimum Gasteiger partial charge on any atom is -0.332 e. The molecule has 26 heavy (non-hydrogen) atoms. The summed E-state index contributed by atoms with van der Waals surface area (Å²) in [6, 6.07) is 8.43. The number of nitrogens with zero attached hydrogens (tertiary/aromatic N) is 2. The maximum atomic E-state index is 13.2. The molecule has 3 rings (SSSR count).